The van der Waals surface area contributed by atoms with Crippen molar-refractivity contribution in [2.45, 2.75) is 50.5 Å². The summed E-state index contributed by atoms with van der Waals surface area (Å²) in [5.74, 6) is 2.10. The van der Waals surface area contributed by atoms with Crippen molar-refractivity contribution in [3.05, 3.63) is 71.7 Å². The number of fused-ring (bicyclic) bond motifs is 1. The summed E-state index contributed by atoms with van der Waals surface area (Å²) in [7, 11) is 0. The predicted molar refractivity (Wildman–Crippen MR) is 118 cm³/mol. The first-order valence-electron chi connectivity index (χ1n) is 10.8. The maximum absolute atomic E-state index is 6.53. The van der Waals surface area contributed by atoms with Crippen molar-refractivity contribution in [3.63, 3.8) is 0 Å². The number of aryl methyl sites for hydroxylation is 1. The first-order chi connectivity index (χ1) is 14.6. The van der Waals surface area contributed by atoms with Crippen LogP contribution in [0.25, 0.3) is 28.2 Å². The van der Waals surface area contributed by atoms with E-state index in [2.05, 4.69) is 55.5 Å². The molecule has 150 valence electrons. The average Bonchev–Trinajstić information content (AvgIpc) is 3.52. The molecule has 2 aromatic carbocycles. The van der Waals surface area contributed by atoms with E-state index >= 15 is 0 Å². The molecular weight excluding hydrogens is 370 g/mol. The summed E-state index contributed by atoms with van der Waals surface area (Å²) in [6.45, 7) is 2.11. The molecule has 2 fully saturated rings. The van der Waals surface area contributed by atoms with Gasteiger partial charge in [-0.15, -0.1) is 5.10 Å². The van der Waals surface area contributed by atoms with E-state index in [4.69, 9.17) is 20.8 Å². The minimum atomic E-state index is -0.153. The third kappa shape index (κ3) is 2.76. The Kier molecular flexibility index (Phi) is 3.84. The van der Waals surface area contributed by atoms with E-state index in [0.717, 1.165) is 46.7 Å². The fourth-order valence-corrected chi connectivity index (χ4v) is 4.53. The molecule has 0 atom stereocenters. The Balaban J connectivity index is 1.54. The molecule has 6 rings (SSSR count). The lowest BCUT2D eigenvalue weighted by atomic mass is 9.72. The van der Waals surface area contributed by atoms with E-state index < -0.39 is 0 Å². The number of rotatable bonds is 4. The van der Waals surface area contributed by atoms with Crippen LogP contribution < -0.4 is 5.73 Å². The van der Waals surface area contributed by atoms with Crippen LogP contribution >= 0.6 is 0 Å². The molecule has 2 heterocycles. The molecule has 0 unspecified atom stereocenters. The lowest BCUT2D eigenvalue weighted by Crippen LogP contribution is -2.43. The Bertz CT molecular complexity index is 1230. The Hall–Kier alpha value is -3.05. The molecule has 0 spiro atoms. The molecule has 0 amide bonds. The van der Waals surface area contributed by atoms with Gasteiger partial charge in [0.2, 0.25) is 0 Å². The third-order valence-corrected chi connectivity index (χ3v) is 6.72. The van der Waals surface area contributed by atoms with Crippen molar-refractivity contribution >= 4 is 5.78 Å². The van der Waals surface area contributed by atoms with Crippen LogP contribution in [-0.2, 0) is 5.54 Å². The van der Waals surface area contributed by atoms with Gasteiger partial charge in [0.05, 0.1) is 11.4 Å². The molecular formula is C25H25N5. The van der Waals surface area contributed by atoms with Crippen LogP contribution in [-0.4, -0.2) is 19.6 Å². The number of benzene rings is 2. The zero-order valence-corrected chi connectivity index (χ0v) is 17.2. The van der Waals surface area contributed by atoms with Gasteiger partial charge >= 0.3 is 0 Å². The van der Waals surface area contributed by atoms with Crippen LogP contribution in [0.5, 0.6) is 0 Å². The van der Waals surface area contributed by atoms with Crippen LogP contribution in [0, 0.1) is 6.92 Å². The summed E-state index contributed by atoms with van der Waals surface area (Å²) in [6, 6.07) is 19.1. The molecule has 2 aliphatic rings. The van der Waals surface area contributed by atoms with Gasteiger partial charge in [-0.1, -0.05) is 54.6 Å². The Morgan fingerprint density at radius 3 is 2.30 bits per heavy atom. The largest absolute Gasteiger partial charge is 0.321 e. The van der Waals surface area contributed by atoms with Gasteiger partial charge < -0.3 is 5.73 Å². The van der Waals surface area contributed by atoms with Crippen molar-refractivity contribution in [1.82, 2.24) is 19.6 Å². The molecule has 2 N–H and O–H groups in total. The number of nitrogens with two attached hydrogens (primary N) is 1. The minimum Gasteiger partial charge on any atom is -0.321 e. The Morgan fingerprint density at radius 1 is 0.933 bits per heavy atom. The second kappa shape index (κ2) is 6.47. The van der Waals surface area contributed by atoms with Crippen LogP contribution in [0.2, 0.25) is 0 Å². The molecule has 0 bridgehead atoms. The minimum absolute atomic E-state index is 0.153. The monoisotopic (exact) mass is 395 g/mol. The van der Waals surface area contributed by atoms with E-state index in [1.165, 1.54) is 24.8 Å². The molecule has 5 nitrogen and oxygen atoms in total. The van der Waals surface area contributed by atoms with Gasteiger partial charge in [-0.25, -0.2) is 9.50 Å². The highest BCUT2D eigenvalue weighted by atomic mass is 15.3. The van der Waals surface area contributed by atoms with Crippen LogP contribution in [0.3, 0.4) is 0 Å². The second-order valence-electron chi connectivity index (χ2n) is 8.83. The van der Waals surface area contributed by atoms with E-state index in [1.54, 1.807) is 0 Å². The Labute approximate surface area is 176 Å². The molecule has 2 aliphatic carbocycles. The van der Waals surface area contributed by atoms with Gasteiger partial charge in [0, 0.05) is 22.6 Å². The molecule has 0 saturated heterocycles. The fraction of sp³-hybridized carbons (Fsp3) is 0.320. The predicted octanol–water partition coefficient (Wildman–Crippen LogP) is 4.98. The lowest BCUT2D eigenvalue weighted by Gasteiger charge is -2.38. The lowest BCUT2D eigenvalue weighted by molar-refractivity contribution is 0.253. The molecule has 0 radical (unpaired) electrons. The SMILES string of the molecule is Cc1c(-c2ccccc2)c(-c2ccc(C3(N)CCC3)cc2)nc2nc(C3CC3)nn12. The zero-order chi connectivity index (χ0) is 20.3. The standard InChI is InChI=1S/C25H25N5/c1-16-21(17-6-3-2-4-7-17)22(27-24-28-23(19-8-9-19)29-30(16)24)18-10-12-20(13-11-18)25(26)14-5-15-25/h2-4,6-7,10-13,19H,5,8-9,14-15,26H2,1H3. The van der Waals surface area contributed by atoms with Crippen LogP contribution in [0.15, 0.2) is 54.6 Å². The zero-order valence-electron chi connectivity index (χ0n) is 17.2. The number of nitrogens with zero attached hydrogens (tertiary/aromatic N) is 4. The van der Waals surface area contributed by atoms with Crippen LogP contribution in [0.4, 0.5) is 0 Å². The highest BCUT2D eigenvalue weighted by Crippen LogP contribution is 2.41. The summed E-state index contributed by atoms with van der Waals surface area (Å²) < 4.78 is 1.91. The molecule has 30 heavy (non-hydrogen) atoms. The van der Waals surface area contributed by atoms with Crippen LogP contribution in [0.1, 0.15) is 55.1 Å². The van der Waals surface area contributed by atoms with Crippen molar-refractivity contribution < 1.29 is 0 Å². The summed E-state index contributed by atoms with van der Waals surface area (Å²) in [5, 5.41) is 4.79. The highest BCUT2D eigenvalue weighted by molar-refractivity contribution is 5.83. The quantitative estimate of drug-likeness (QED) is 0.529. The van der Waals surface area contributed by atoms with Gasteiger partial charge in [0.1, 0.15) is 0 Å². The number of aromatic nitrogens is 4. The van der Waals surface area contributed by atoms with Gasteiger partial charge in [-0.05, 0) is 50.2 Å². The average molecular weight is 396 g/mol. The number of hydrogen-bond donors (Lipinski definition) is 1. The maximum Gasteiger partial charge on any atom is 0.253 e. The van der Waals surface area contributed by atoms with E-state index in [-0.39, 0.29) is 5.54 Å². The summed E-state index contributed by atoms with van der Waals surface area (Å²) >= 11 is 0. The normalized spacial score (nSPS) is 17.8. The first-order valence-corrected chi connectivity index (χ1v) is 10.8. The van der Waals surface area contributed by atoms with E-state index in [0.29, 0.717) is 11.7 Å². The topological polar surface area (TPSA) is 69.1 Å². The summed E-state index contributed by atoms with van der Waals surface area (Å²) in [4.78, 5) is 9.75. The van der Waals surface area contributed by atoms with Crippen molar-refractivity contribution in [3.8, 4) is 22.4 Å². The van der Waals surface area contributed by atoms with Gasteiger partial charge in [0.25, 0.3) is 5.78 Å². The maximum atomic E-state index is 6.53. The number of hydrogen-bond acceptors (Lipinski definition) is 4. The van der Waals surface area contributed by atoms with Gasteiger partial charge in [-0.3, -0.25) is 0 Å². The van der Waals surface area contributed by atoms with E-state index in [1.807, 2.05) is 10.6 Å². The molecule has 2 aromatic heterocycles. The van der Waals surface area contributed by atoms with Gasteiger partial charge in [-0.2, -0.15) is 4.98 Å². The first kappa shape index (κ1) is 17.8. The van der Waals surface area contributed by atoms with Crippen molar-refractivity contribution in [2.24, 2.45) is 5.73 Å². The molecule has 4 aromatic rings. The molecule has 2 saturated carbocycles. The third-order valence-electron chi connectivity index (χ3n) is 6.72. The smallest absolute Gasteiger partial charge is 0.253 e. The van der Waals surface area contributed by atoms with E-state index in [9.17, 15) is 0 Å². The highest BCUT2D eigenvalue weighted by Gasteiger charge is 2.34. The van der Waals surface area contributed by atoms with Crippen molar-refractivity contribution in [2.75, 3.05) is 0 Å². The summed E-state index contributed by atoms with van der Waals surface area (Å²) in [5.41, 5.74) is 12.9. The van der Waals surface area contributed by atoms with Gasteiger partial charge in [0.15, 0.2) is 5.82 Å². The molecule has 5 heteroatoms. The van der Waals surface area contributed by atoms with Crippen molar-refractivity contribution in [1.29, 1.82) is 0 Å². The second-order valence-corrected chi connectivity index (χ2v) is 8.83. The fourth-order valence-electron chi connectivity index (χ4n) is 4.53. The summed E-state index contributed by atoms with van der Waals surface area (Å²) in [6.07, 6.45) is 5.69. The molecule has 0 aliphatic heterocycles. The Morgan fingerprint density at radius 2 is 1.67 bits per heavy atom.